The molecular formula is C42H88N2O2. The van der Waals surface area contributed by atoms with E-state index in [1.54, 1.807) is 0 Å². The number of nitrogens with zero attached hydrogens (tertiary/aromatic N) is 2. The number of aliphatic hydroxyl groups is 2. The van der Waals surface area contributed by atoms with Gasteiger partial charge in [-0.3, -0.25) is 4.90 Å². The molecule has 0 unspecified atom stereocenters. The third-order valence-corrected chi connectivity index (χ3v) is 10.2. The monoisotopic (exact) mass is 653 g/mol. The first-order valence-electron chi connectivity index (χ1n) is 21.4. The highest BCUT2D eigenvalue weighted by molar-refractivity contribution is 4.65. The highest BCUT2D eigenvalue weighted by atomic mass is 16.3. The molecule has 0 bridgehead atoms. The molecule has 0 radical (unpaired) electrons. The molecule has 0 rings (SSSR count). The first-order chi connectivity index (χ1) is 22.8. The van der Waals surface area contributed by atoms with Gasteiger partial charge in [-0.05, 0) is 25.9 Å². The molecule has 0 amide bonds. The van der Waals surface area contributed by atoms with E-state index in [2.05, 4.69) is 23.6 Å². The molecule has 0 saturated carbocycles. The average molecular weight is 653 g/mol. The van der Waals surface area contributed by atoms with Crippen molar-refractivity contribution in [3.63, 3.8) is 0 Å². The zero-order chi connectivity index (χ0) is 33.4. The van der Waals surface area contributed by atoms with Crippen LogP contribution in [0.25, 0.3) is 0 Å². The van der Waals surface area contributed by atoms with Gasteiger partial charge in [-0.2, -0.15) is 0 Å². The van der Waals surface area contributed by atoms with Gasteiger partial charge in [-0.1, -0.05) is 206 Å². The Kier molecular flexibility index (Phi) is 40.9. The molecule has 0 spiro atoms. The second-order valence-electron chi connectivity index (χ2n) is 14.7. The highest BCUT2D eigenvalue weighted by Crippen LogP contribution is 2.16. The molecule has 2 N–H and O–H groups in total. The summed E-state index contributed by atoms with van der Waals surface area (Å²) in [7, 11) is 0. The Morgan fingerprint density at radius 1 is 0.239 bits per heavy atom. The van der Waals surface area contributed by atoms with Crippen LogP contribution >= 0.6 is 0 Å². The predicted octanol–water partition coefficient (Wildman–Crippen LogP) is 12.1. The van der Waals surface area contributed by atoms with E-state index in [9.17, 15) is 10.2 Å². The van der Waals surface area contributed by atoms with Gasteiger partial charge in [-0.25, -0.2) is 0 Å². The summed E-state index contributed by atoms with van der Waals surface area (Å²) in [5.74, 6) is 0. The van der Waals surface area contributed by atoms with Gasteiger partial charge >= 0.3 is 0 Å². The smallest absolute Gasteiger partial charge is 0.0558 e. The van der Waals surface area contributed by atoms with Crippen LogP contribution in [0.3, 0.4) is 0 Å². The summed E-state index contributed by atoms with van der Waals surface area (Å²) in [4.78, 5) is 4.89. The van der Waals surface area contributed by atoms with E-state index in [4.69, 9.17) is 0 Å². The maximum absolute atomic E-state index is 9.41. The van der Waals surface area contributed by atoms with E-state index in [-0.39, 0.29) is 13.2 Å². The van der Waals surface area contributed by atoms with E-state index >= 15 is 0 Å². The molecule has 0 aromatic heterocycles. The van der Waals surface area contributed by atoms with Crippen molar-refractivity contribution in [2.75, 3.05) is 52.5 Å². The summed E-state index contributed by atoms with van der Waals surface area (Å²) in [5.41, 5.74) is 0. The molecule has 0 atom stereocenters. The Labute approximate surface area is 291 Å². The Balaban J connectivity index is 3.87. The molecule has 278 valence electrons. The minimum atomic E-state index is 0.179. The minimum Gasteiger partial charge on any atom is -0.395 e. The third kappa shape index (κ3) is 36.7. The van der Waals surface area contributed by atoms with Crippen LogP contribution < -0.4 is 0 Å². The van der Waals surface area contributed by atoms with Gasteiger partial charge in [0.15, 0.2) is 0 Å². The molecule has 0 saturated heterocycles. The van der Waals surface area contributed by atoms with E-state index in [0.717, 1.165) is 13.1 Å². The van der Waals surface area contributed by atoms with Crippen LogP contribution in [-0.4, -0.2) is 72.5 Å². The number of hydrogen-bond donors (Lipinski definition) is 2. The predicted molar refractivity (Wildman–Crippen MR) is 206 cm³/mol. The molecule has 0 aromatic rings. The van der Waals surface area contributed by atoms with Crippen LogP contribution in [0.2, 0.25) is 0 Å². The molecule has 0 fully saturated rings. The van der Waals surface area contributed by atoms with Gasteiger partial charge in [0.25, 0.3) is 0 Å². The second-order valence-corrected chi connectivity index (χ2v) is 14.7. The summed E-state index contributed by atoms with van der Waals surface area (Å²) in [5, 5.41) is 18.8. The van der Waals surface area contributed by atoms with E-state index in [1.165, 1.54) is 219 Å². The van der Waals surface area contributed by atoms with Crippen LogP contribution in [0.5, 0.6) is 0 Å². The maximum atomic E-state index is 9.41. The van der Waals surface area contributed by atoms with Gasteiger partial charge in [-0.15, -0.1) is 0 Å². The number of hydrogen-bond acceptors (Lipinski definition) is 4. The molecular weight excluding hydrogens is 564 g/mol. The van der Waals surface area contributed by atoms with E-state index < -0.39 is 0 Å². The summed E-state index contributed by atoms with van der Waals surface area (Å²) < 4.78 is 0. The molecule has 0 aliphatic carbocycles. The topological polar surface area (TPSA) is 46.9 Å². The fourth-order valence-electron chi connectivity index (χ4n) is 7.00. The van der Waals surface area contributed by atoms with Gasteiger partial charge in [0.2, 0.25) is 0 Å². The standard InChI is InChI=1S/C42H88N2O2/c1-3-5-7-9-11-13-15-17-19-21-23-25-27-29-31-33-35-43(37-38-44(39-41-45)40-42-46)36-34-32-30-28-26-24-22-20-18-16-14-12-10-8-6-4-2/h45-46H,3-42H2,1-2H3. The van der Waals surface area contributed by atoms with Gasteiger partial charge < -0.3 is 15.1 Å². The van der Waals surface area contributed by atoms with Crippen molar-refractivity contribution in [3.8, 4) is 0 Å². The normalized spacial score (nSPS) is 11.9. The first kappa shape index (κ1) is 45.8. The van der Waals surface area contributed by atoms with Crippen molar-refractivity contribution in [2.45, 2.75) is 219 Å². The summed E-state index contributed by atoms with van der Waals surface area (Å²) in [6, 6.07) is 0. The number of rotatable bonds is 41. The zero-order valence-corrected chi connectivity index (χ0v) is 32.1. The van der Waals surface area contributed by atoms with Crippen molar-refractivity contribution in [3.05, 3.63) is 0 Å². The number of unbranched alkanes of at least 4 members (excludes halogenated alkanes) is 30. The van der Waals surface area contributed by atoms with Crippen molar-refractivity contribution in [1.29, 1.82) is 0 Å². The van der Waals surface area contributed by atoms with Gasteiger partial charge in [0.05, 0.1) is 13.2 Å². The summed E-state index contributed by atoms with van der Waals surface area (Å²) in [6.45, 7) is 10.8. The lowest BCUT2D eigenvalue weighted by Crippen LogP contribution is -2.38. The summed E-state index contributed by atoms with van der Waals surface area (Å²) >= 11 is 0. The molecule has 4 heteroatoms. The van der Waals surface area contributed by atoms with Crippen LogP contribution in [-0.2, 0) is 0 Å². The summed E-state index contributed by atoms with van der Waals surface area (Å²) in [6.07, 6.45) is 45.5. The van der Waals surface area contributed by atoms with Crippen molar-refractivity contribution >= 4 is 0 Å². The Morgan fingerprint density at radius 3 is 0.652 bits per heavy atom. The quantitative estimate of drug-likeness (QED) is 0.0645. The first-order valence-corrected chi connectivity index (χ1v) is 21.4. The maximum Gasteiger partial charge on any atom is 0.0558 e. The van der Waals surface area contributed by atoms with Crippen LogP contribution in [0.4, 0.5) is 0 Å². The molecule has 0 aliphatic heterocycles. The van der Waals surface area contributed by atoms with Crippen LogP contribution in [0, 0.1) is 0 Å². The van der Waals surface area contributed by atoms with E-state index in [1.807, 2.05) is 0 Å². The fourth-order valence-corrected chi connectivity index (χ4v) is 7.00. The highest BCUT2D eigenvalue weighted by Gasteiger charge is 2.09. The average Bonchev–Trinajstić information content (AvgIpc) is 3.06. The fraction of sp³-hybridized carbons (Fsp3) is 1.00. The minimum absolute atomic E-state index is 0.179. The lowest BCUT2D eigenvalue weighted by atomic mass is 10.0. The molecule has 0 aromatic carbocycles. The Morgan fingerprint density at radius 2 is 0.435 bits per heavy atom. The molecule has 0 heterocycles. The van der Waals surface area contributed by atoms with Crippen LogP contribution in [0.15, 0.2) is 0 Å². The van der Waals surface area contributed by atoms with Crippen LogP contribution in [0.1, 0.15) is 219 Å². The number of aliphatic hydroxyl groups excluding tert-OH is 2. The lowest BCUT2D eigenvalue weighted by Gasteiger charge is -2.27. The zero-order valence-electron chi connectivity index (χ0n) is 32.1. The SMILES string of the molecule is CCCCCCCCCCCCCCCCCCN(CCCCCCCCCCCCCCCCCC)CCN(CCO)CCO. The second kappa shape index (κ2) is 41.0. The third-order valence-electron chi connectivity index (χ3n) is 10.2. The van der Waals surface area contributed by atoms with Crippen molar-refractivity contribution in [2.24, 2.45) is 0 Å². The Bertz CT molecular complexity index is 490. The molecule has 0 aliphatic rings. The van der Waals surface area contributed by atoms with E-state index in [0.29, 0.717) is 13.1 Å². The molecule has 4 nitrogen and oxygen atoms in total. The van der Waals surface area contributed by atoms with Crippen molar-refractivity contribution in [1.82, 2.24) is 9.80 Å². The van der Waals surface area contributed by atoms with Gasteiger partial charge in [0.1, 0.15) is 0 Å². The van der Waals surface area contributed by atoms with Crippen molar-refractivity contribution < 1.29 is 10.2 Å². The largest absolute Gasteiger partial charge is 0.395 e. The molecule has 46 heavy (non-hydrogen) atoms. The van der Waals surface area contributed by atoms with Gasteiger partial charge in [0, 0.05) is 26.2 Å². The lowest BCUT2D eigenvalue weighted by molar-refractivity contribution is 0.141. The Hall–Kier alpha value is -0.160.